The Morgan fingerprint density at radius 2 is 2.17 bits per heavy atom. The van der Waals surface area contributed by atoms with Gasteiger partial charge < -0.3 is 24.8 Å². The molecule has 164 valence electrons. The molecule has 2 N–H and O–H groups in total. The van der Waals surface area contributed by atoms with E-state index in [9.17, 15) is 9.18 Å². The van der Waals surface area contributed by atoms with Crippen LogP contribution >= 0.6 is 24.0 Å². The summed E-state index contributed by atoms with van der Waals surface area (Å²) in [6.07, 6.45) is 2.49. The van der Waals surface area contributed by atoms with Crippen LogP contribution in [0.15, 0.2) is 29.4 Å². The summed E-state index contributed by atoms with van der Waals surface area (Å²) in [5.41, 5.74) is 1.48. The SMILES string of the molecule is CC(C)(C)OC(=O)N1CCN2C(NCCc3c[nH]c4cc(F)ccc34)=NCC2C1.I. The Balaban J connectivity index is 0.00000256. The van der Waals surface area contributed by atoms with Crippen LogP contribution in [0, 0.1) is 5.82 Å². The molecule has 7 nitrogen and oxygen atoms in total. The number of nitrogens with one attached hydrogen (secondary N) is 2. The van der Waals surface area contributed by atoms with Crippen LogP contribution in [-0.4, -0.2) is 71.2 Å². The van der Waals surface area contributed by atoms with Crippen molar-refractivity contribution in [1.82, 2.24) is 20.1 Å². The zero-order chi connectivity index (χ0) is 20.6. The molecular formula is C21H29FIN5O2. The van der Waals surface area contributed by atoms with Gasteiger partial charge in [0, 0.05) is 43.3 Å². The number of carbonyl (C=O) groups is 1. The number of halogens is 2. The number of nitrogens with zero attached hydrogens (tertiary/aromatic N) is 3. The lowest BCUT2D eigenvalue weighted by Gasteiger charge is -2.39. The molecule has 0 saturated carbocycles. The average molecular weight is 529 g/mol. The number of aromatic nitrogens is 1. The normalized spacial score (nSPS) is 18.7. The summed E-state index contributed by atoms with van der Waals surface area (Å²) in [5, 5.41) is 4.48. The van der Waals surface area contributed by atoms with Crippen LogP contribution in [0.25, 0.3) is 10.9 Å². The molecule has 9 heteroatoms. The third-order valence-electron chi connectivity index (χ3n) is 5.27. The minimum atomic E-state index is -0.485. The standard InChI is InChI=1S/C21H28FN5O2.HI/c1-21(2,3)29-20(28)26-8-9-27-16(13-26)12-25-19(27)23-7-6-14-11-24-18-10-15(22)4-5-17(14)18;/h4-5,10-11,16,24H,6-9,12-13H2,1-3H3,(H,23,25);1H. The molecule has 1 atom stereocenters. The van der Waals surface area contributed by atoms with Gasteiger partial charge in [-0.25, -0.2) is 9.18 Å². The van der Waals surface area contributed by atoms with Gasteiger partial charge in [-0.15, -0.1) is 24.0 Å². The van der Waals surface area contributed by atoms with Crippen molar-refractivity contribution in [3.63, 3.8) is 0 Å². The minimum absolute atomic E-state index is 0. The Hall–Kier alpha value is -2.04. The second-order valence-corrected chi connectivity index (χ2v) is 8.62. The fourth-order valence-corrected chi connectivity index (χ4v) is 3.90. The number of rotatable bonds is 3. The van der Waals surface area contributed by atoms with Gasteiger partial charge >= 0.3 is 6.09 Å². The van der Waals surface area contributed by atoms with E-state index < -0.39 is 5.60 Å². The third-order valence-corrected chi connectivity index (χ3v) is 5.27. The van der Waals surface area contributed by atoms with Gasteiger partial charge in [-0.05, 0) is 51.0 Å². The molecule has 1 fully saturated rings. The van der Waals surface area contributed by atoms with Crippen molar-refractivity contribution < 1.29 is 13.9 Å². The van der Waals surface area contributed by atoms with Crippen molar-refractivity contribution in [2.24, 2.45) is 4.99 Å². The second-order valence-electron chi connectivity index (χ2n) is 8.62. The zero-order valence-corrected chi connectivity index (χ0v) is 19.9. The van der Waals surface area contributed by atoms with Gasteiger partial charge in [0.15, 0.2) is 5.96 Å². The fourth-order valence-electron chi connectivity index (χ4n) is 3.90. The lowest BCUT2D eigenvalue weighted by atomic mass is 10.1. The van der Waals surface area contributed by atoms with Crippen LogP contribution in [0.3, 0.4) is 0 Å². The molecule has 2 aliphatic heterocycles. The first-order valence-corrected chi connectivity index (χ1v) is 10.1. The predicted molar refractivity (Wildman–Crippen MR) is 126 cm³/mol. The van der Waals surface area contributed by atoms with Gasteiger partial charge in [-0.1, -0.05) is 0 Å². The molecule has 1 unspecified atom stereocenters. The number of piperazine rings is 1. The third kappa shape index (κ3) is 4.98. The lowest BCUT2D eigenvalue weighted by molar-refractivity contribution is 0.0137. The van der Waals surface area contributed by atoms with Crippen molar-refractivity contribution >= 4 is 46.9 Å². The summed E-state index contributed by atoms with van der Waals surface area (Å²) in [4.78, 5) is 24.1. The molecule has 0 spiro atoms. The van der Waals surface area contributed by atoms with Crippen molar-refractivity contribution in [2.45, 2.75) is 38.8 Å². The zero-order valence-electron chi connectivity index (χ0n) is 17.6. The second kappa shape index (κ2) is 8.99. The van der Waals surface area contributed by atoms with Crippen molar-refractivity contribution in [3.05, 3.63) is 35.8 Å². The summed E-state index contributed by atoms with van der Waals surface area (Å²) in [5.74, 6) is 0.658. The van der Waals surface area contributed by atoms with E-state index in [1.165, 1.54) is 12.1 Å². The summed E-state index contributed by atoms with van der Waals surface area (Å²) in [6.45, 7) is 9.04. The van der Waals surface area contributed by atoms with Crippen molar-refractivity contribution in [2.75, 3.05) is 32.7 Å². The number of hydrogen-bond donors (Lipinski definition) is 2. The van der Waals surface area contributed by atoms with E-state index in [1.807, 2.05) is 33.0 Å². The first kappa shape index (κ1) is 22.6. The van der Waals surface area contributed by atoms with Crippen LogP contribution in [0.5, 0.6) is 0 Å². The number of amides is 1. The molecule has 1 amide bonds. The molecule has 4 rings (SSSR count). The number of hydrogen-bond acceptors (Lipinski definition) is 5. The van der Waals surface area contributed by atoms with Gasteiger partial charge in [0.2, 0.25) is 0 Å². The number of carbonyl (C=O) groups excluding carboxylic acids is 1. The molecular weight excluding hydrogens is 500 g/mol. The molecule has 2 aromatic rings. The summed E-state index contributed by atoms with van der Waals surface area (Å²) in [7, 11) is 0. The average Bonchev–Trinajstić information content (AvgIpc) is 3.24. The predicted octanol–water partition coefficient (Wildman–Crippen LogP) is 3.35. The lowest BCUT2D eigenvalue weighted by Crippen LogP contribution is -2.57. The smallest absolute Gasteiger partial charge is 0.410 e. The fraction of sp³-hybridized carbons (Fsp3) is 0.524. The Morgan fingerprint density at radius 1 is 1.37 bits per heavy atom. The first-order valence-electron chi connectivity index (χ1n) is 10.1. The molecule has 0 radical (unpaired) electrons. The monoisotopic (exact) mass is 529 g/mol. The highest BCUT2D eigenvalue weighted by atomic mass is 127. The molecule has 0 aliphatic carbocycles. The molecule has 30 heavy (non-hydrogen) atoms. The quantitative estimate of drug-likeness (QED) is 0.599. The topological polar surface area (TPSA) is 73.0 Å². The van der Waals surface area contributed by atoms with Crippen LogP contribution in [0.2, 0.25) is 0 Å². The number of fused-ring (bicyclic) bond motifs is 2. The summed E-state index contributed by atoms with van der Waals surface area (Å²) < 4.78 is 18.8. The highest BCUT2D eigenvalue weighted by Crippen LogP contribution is 2.21. The summed E-state index contributed by atoms with van der Waals surface area (Å²) in [6, 6.07) is 5.01. The number of guanidine groups is 1. The van der Waals surface area contributed by atoms with E-state index in [4.69, 9.17) is 4.74 Å². The van der Waals surface area contributed by atoms with Gasteiger partial charge in [-0.3, -0.25) is 4.99 Å². The number of H-pyrrole nitrogens is 1. The molecule has 2 aliphatic rings. The van der Waals surface area contributed by atoms with Gasteiger partial charge in [-0.2, -0.15) is 0 Å². The number of aromatic amines is 1. The summed E-state index contributed by atoms with van der Waals surface area (Å²) >= 11 is 0. The minimum Gasteiger partial charge on any atom is -0.444 e. The Labute approximate surface area is 193 Å². The number of benzene rings is 1. The van der Waals surface area contributed by atoms with E-state index >= 15 is 0 Å². The first-order chi connectivity index (χ1) is 13.8. The van der Waals surface area contributed by atoms with E-state index in [0.717, 1.165) is 41.9 Å². The molecule has 0 bridgehead atoms. The largest absolute Gasteiger partial charge is 0.444 e. The van der Waals surface area contributed by atoms with E-state index in [2.05, 4.69) is 20.2 Å². The highest BCUT2D eigenvalue weighted by molar-refractivity contribution is 14.0. The maximum atomic E-state index is 13.3. The maximum Gasteiger partial charge on any atom is 0.410 e. The van der Waals surface area contributed by atoms with E-state index in [1.54, 1.807) is 4.90 Å². The van der Waals surface area contributed by atoms with Gasteiger partial charge in [0.05, 0.1) is 12.6 Å². The van der Waals surface area contributed by atoms with Crippen molar-refractivity contribution in [1.29, 1.82) is 0 Å². The van der Waals surface area contributed by atoms with Crippen LogP contribution < -0.4 is 5.32 Å². The molecule has 1 saturated heterocycles. The van der Waals surface area contributed by atoms with Crippen molar-refractivity contribution in [3.8, 4) is 0 Å². The number of aliphatic imine (C=N–C) groups is 1. The van der Waals surface area contributed by atoms with Gasteiger partial charge in [0.1, 0.15) is 11.4 Å². The number of ether oxygens (including phenoxy) is 1. The Bertz CT molecular complexity index is 939. The van der Waals surface area contributed by atoms with Crippen LogP contribution in [-0.2, 0) is 11.2 Å². The Kier molecular flexibility index (Phi) is 6.78. The highest BCUT2D eigenvalue weighted by Gasteiger charge is 2.36. The van der Waals surface area contributed by atoms with Crippen LogP contribution in [0.4, 0.5) is 9.18 Å². The molecule has 3 heterocycles. The van der Waals surface area contributed by atoms with E-state index in [-0.39, 0.29) is 41.9 Å². The van der Waals surface area contributed by atoms with Crippen LogP contribution in [0.1, 0.15) is 26.3 Å². The van der Waals surface area contributed by atoms with E-state index in [0.29, 0.717) is 19.6 Å². The van der Waals surface area contributed by atoms with Gasteiger partial charge in [0.25, 0.3) is 0 Å². The Morgan fingerprint density at radius 3 is 2.93 bits per heavy atom. The molecule has 1 aromatic heterocycles. The maximum absolute atomic E-state index is 13.3. The molecule has 1 aromatic carbocycles.